The molecule has 0 saturated carbocycles. The van der Waals surface area contributed by atoms with E-state index in [0.29, 0.717) is 26.4 Å². The molecule has 3 heteroatoms. The van der Waals surface area contributed by atoms with Crippen molar-refractivity contribution >= 4 is 10.8 Å². The largest absolute Gasteiger partial charge is 0.382 e. The molecule has 0 aliphatic heterocycles. The Labute approximate surface area is 126 Å². The summed E-state index contributed by atoms with van der Waals surface area (Å²) in [5.41, 5.74) is 2.68. The van der Waals surface area contributed by atoms with E-state index in [0.717, 1.165) is 13.0 Å². The molecule has 0 saturated heterocycles. The van der Waals surface area contributed by atoms with E-state index >= 15 is 0 Å². The highest BCUT2D eigenvalue weighted by Gasteiger charge is 2.01. The predicted octanol–water partition coefficient (Wildman–Crippen LogP) is 3.37. The summed E-state index contributed by atoms with van der Waals surface area (Å²) in [7, 11) is 1.67. The van der Waals surface area contributed by atoms with Crippen molar-refractivity contribution in [2.75, 3.05) is 40.1 Å². The Hall–Kier alpha value is -1.42. The highest BCUT2D eigenvalue weighted by Crippen LogP contribution is 2.20. The summed E-state index contributed by atoms with van der Waals surface area (Å²) in [6.45, 7) is 5.42. The summed E-state index contributed by atoms with van der Waals surface area (Å²) in [4.78, 5) is 0. The average Bonchev–Trinajstić information content (AvgIpc) is 2.50. The van der Waals surface area contributed by atoms with Crippen molar-refractivity contribution in [2.24, 2.45) is 0 Å². The van der Waals surface area contributed by atoms with Crippen molar-refractivity contribution in [1.29, 1.82) is 0 Å². The van der Waals surface area contributed by atoms with E-state index in [2.05, 4.69) is 43.3 Å². The van der Waals surface area contributed by atoms with E-state index in [4.69, 9.17) is 14.2 Å². The molecule has 2 aromatic carbocycles. The zero-order chi connectivity index (χ0) is 14.9. The molecule has 0 N–H and O–H groups in total. The van der Waals surface area contributed by atoms with Gasteiger partial charge >= 0.3 is 0 Å². The monoisotopic (exact) mass is 288 g/mol. The minimum Gasteiger partial charge on any atom is -0.382 e. The lowest BCUT2D eigenvalue weighted by Crippen LogP contribution is -2.10. The van der Waals surface area contributed by atoms with E-state index in [9.17, 15) is 0 Å². The Morgan fingerprint density at radius 3 is 2.14 bits per heavy atom. The number of hydrogen-bond acceptors (Lipinski definition) is 3. The van der Waals surface area contributed by atoms with Gasteiger partial charge in [0, 0.05) is 7.11 Å². The zero-order valence-electron chi connectivity index (χ0n) is 12.9. The second-order valence-electron chi connectivity index (χ2n) is 5.09. The maximum absolute atomic E-state index is 5.62. The number of methoxy groups -OCH3 is 1. The topological polar surface area (TPSA) is 27.7 Å². The fourth-order valence-electron chi connectivity index (χ4n) is 2.32. The lowest BCUT2D eigenvalue weighted by atomic mass is 10.00. The Morgan fingerprint density at radius 1 is 0.810 bits per heavy atom. The second-order valence-corrected chi connectivity index (χ2v) is 5.09. The number of benzene rings is 2. The molecule has 0 amide bonds. The van der Waals surface area contributed by atoms with Gasteiger partial charge in [0.15, 0.2) is 0 Å². The lowest BCUT2D eigenvalue weighted by molar-refractivity contribution is 0.0255. The van der Waals surface area contributed by atoms with Gasteiger partial charge in [0.2, 0.25) is 0 Å². The Kier molecular flexibility index (Phi) is 6.67. The first-order valence-electron chi connectivity index (χ1n) is 7.44. The summed E-state index contributed by atoms with van der Waals surface area (Å²) < 4.78 is 15.9. The van der Waals surface area contributed by atoms with Gasteiger partial charge in [-0.25, -0.2) is 0 Å². The molecule has 0 aliphatic rings. The molecule has 0 bridgehead atoms. The van der Waals surface area contributed by atoms with E-state index in [-0.39, 0.29) is 0 Å². The minimum absolute atomic E-state index is 0.625. The fourth-order valence-corrected chi connectivity index (χ4v) is 2.32. The van der Waals surface area contributed by atoms with E-state index in [1.807, 2.05) is 0 Å². The molecule has 0 fully saturated rings. The zero-order valence-corrected chi connectivity index (χ0v) is 12.9. The molecule has 21 heavy (non-hydrogen) atoms. The molecule has 0 unspecified atom stereocenters. The SMILES string of the molecule is COCCOCCOCCc1cc2ccccc2cc1C. The van der Waals surface area contributed by atoms with Crippen molar-refractivity contribution < 1.29 is 14.2 Å². The van der Waals surface area contributed by atoms with Gasteiger partial charge in [-0.2, -0.15) is 0 Å². The molecule has 0 aromatic heterocycles. The van der Waals surface area contributed by atoms with Crippen LogP contribution in [0.1, 0.15) is 11.1 Å². The molecule has 0 heterocycles. The Balaban J connectivity index is 1.74. The average molecular weight is 288 g/mol. The number of ether oxygens (including phenoxy) is 3. The summed E-state index contributed by atoms with van der Waals surface area (Å²) in [5.74, 6) is 0. The van der Waals surface area contributed by atoms with Crippen LogP contribution in [0.2, 0.25) is 0 Å². The highest BCUT2D eigenvalue weighted by atomic mass is 16.5. The van der Waals surface area contributed by atoms with Crippen LogP contribution in [-0.2, 0) is 20.6 Å². The highest BCUT2D eigenvalue weighted by molar-refractivity contribution is 5.84. The number of hydrogen-bond donors (Lipinski definition) is 0. The predicted molar refractivity (Wildman–Crippen MR) is 85.9 cm³/mol. The van der Waals surface area contributed by atoms with Crippen molar-refractivity contribution in [2.45, 2.75) is 13.3 Å². The first-order chi connectivity index (χ1) is 10.3. The molecule has 0 aliphatic carbocycles. The van der Waals surface area contributed by atoms with Crippen LogP contribution in [0.5, 0.6) is 0 Å². The molecule has 0 radical (unpaired) electrons. The molecule has 0 spiro atoms. The van der Waals surface area contributed by atoms with Gasteiger partial charge in [-0.1, -0.05) is 36.4 Å². The van der Waals surface area contributed by atoms with Crippen molar-refractivity contribution in [1.82, 2.24) is 0 Å². The summed E-state index contributed by atoms with van der Waals surface area (Å²) >= 11 is 0. The van der Waals surface area contributed by atoms with Gasteiger partial charge < -0.3 is 14.2 Å². The molecule has 2 aromatic rings. The van der Waals surface area contributed by atoms with Crippen molar-refractivity contribution in [3.63, 3.8) is 0 Å². The first kappa shape index (κ1) is 16.0. The van der Waals surface area contributed by atoms with E-state index < -0.39 is 0 Å². The van der Waals surface area contributed by atoms with Crippen LogP contribution in [0.15, 0.2) is 36.4 Å². The maximum atomic E-state index is 5.62. The van der Waals surface area contributed by atoms with Crippen LogP contribution in [0.3, 0.4) is 0 Å². The quantitative estimate of drug-likeness (QED) is 0.662. The maximum Gasteiger partial charge on any atom is 0.0701 e. The third-order valence-corrected chi connectivity index (χ3v) is 3.52. The van der Waals surface area contributed by atoms with Crippen LogP contribution in [-0.4, -0.2) is 40.1 Å². The van der Waals surface area contributed by atoms with Gasteiger partial charge in [-0.05, 0) is 35.2 Å². The van der Waals surface area contributed by atoms with Crippen molar-refractivity contribution in [3.05, 3.63) is 47.5 Å². The van der Waals surface area contributed by atoms with Crippen LogP contribution in [0.4, 0.5) is 0 Å². The van der Waals surface area contributed by atoms with E-state index in [1.54, 1.807) is 7.11 Å². The van der Waals surface area contributed by atoms with E-state index in [1.165, 1.54) is 21.9 Å². The molecule has 2 rings (SSSR count). The van der Waals surface area contributed by atoms with Crippen LogP contribution in [0, 0.1) is 6.92 Å². The number of rotatable bonds is 9. The van der Waals surface area contributed by atoms with Gasteiger partial charge in [-0.3, -0.25) is 0 Å². The molecule has 0 atom stereocenters. The smallest absolute Gasteiger partial charge is 0.0701 e. The third-order valence-electron chi connectivity index (χ3n) is 3.52. The number of fused-ring (bicyclic) bond motifs is 1. The molecular weight excluding hydrogens is 264 g/mol. The molecule has 114 valence electrons. The lowest BCUT2D eigenvalue weighted by Gasteiger charge is -2.09. The third kappa shape index (κ3) is 5.12. The second kappa shape index (κ2) is 8.78. The van der Waals surface area contributed by atoms with Gasteiger partial charge in [-0.15, -0.1) is 0 Å². The summed E-state index contributed by atoms with van der Waals surface area (Å²) in [6, 6.07) is 13.0. The normalized spacial score (nSPS) is 11.1. The van der Waals surface area contributed by atoms with Crippen LogP contribution < -0.4 is 0 Å². The fraction of sp³-hybridized carbons (Fsp3) is 0.444. The van der Waals surface area contributed by atoms with Crippen LogP contribution in [0.25, 0.3) is 10.8 Å². The van der Waals surface area contributed by atoms with Gasteiger partial charge in [0.05, 0.1) is 33.0 Å². The Morgan fingerprint density at radius 2 is 1.43 bits per heavy atom. The molecule has 3 nitrogen and oxygen atoms in total. The number of aryl methyl sites for hydroxylation is 1. The first-order valence-corrected chi connectivity index (χ1v) is 7.44. The van der Waals surface area contributed by atoms with Crippen LogP contribution >= 0.6 is 0 Å². The standard InChI is InChI=1S/C18H24O3/c1-15-13-17-5-3-4-6-18(17)14-16(15)7-8-20-11-12-21-10-9-19-2/h3-6,13-14H,7-12H2,1-2H3. The van der Waals surface area contributed by atoms with Gasteiger partial charge in [0.25, 0.3) is 0 Å². The summed E-state index contributed by atoms with van der Waals surface area (Å²) in [5, 5.41) is 2.59. The summed E-state index contributed by atoms with van der Waals surface area (Å²) in [6.07, 6.45) is 0.939. The van der Waals surface area contributed by atoms with Crippen molar-refractivity contribution in [3.8, 4) is 0 Å². The molecular formula is C18H24O3. The Bertz CT molecular complexity index is 551. The minimum atomic E-state index is 0.625. The van der Waals surface area contributed by atoms with Gasteiger partial charge in [0.1, 0.15) is 0 Å².